The molecular formula is C12H18FNO2S. The molecule has 0 saturated heterocycles. The van der Waals surface area contributed by atoms with E-state index in [1.807, 2.05) is 0 Å². The van der Waals surface area contributed by atoms with Crippen molar-refractivity contribution in [3.05, 3.63) is 35.6 Å². The molecule has 17 heavy (non-hydrogen) atoms. The minimum atomic E-state index is -0.844. The molecule has 0 heterocycles. The maximum absolute atomic E-state index is 13.3. The van der Waals surface area contributed by atoms with E-state index in [-0.39, 0.29) is 0 Å². The van der Waals surface area contributed by atoms with Gasteiger partial charge < -0.3 is 10.4 Å². The second kappa shape index (κ2) is 7.53. The summed E-state index contributed by atoms with van der Waals surface area (Å²) in [5, 5.41) is 12.8. The van der Waals surface area contributed by atoms with Crippen LogP contribution in [-0.4, -0.2) is 34.4 Å². The maximum Gasteiger partial charge on any atom is 0.129 e. The van der Waals surface area contributed by atoms with Crippen LogP contribution in [0.3, 0.4) is 0 Å². The largest absolute Gasteiger partial charge is 0.387 e. The van der Waals surface area contributed by atoms with Gasteiger partial charge in [0.05, 0.1) is 6.10 Å². The average molecular weight is 259 g/mol. The Balaban J connectivity index is 2.28. The first kappa shape index (κ1) is 14.3. The van der Waals surface area contributed by atoms with E-state index in [4.69, 9.17) is 0 Å². The van der Waals surface area contributed by atoms with Gasteiger partial charge in [0.1, 0.15) is 5.82 Å². The van der Waals surface area contributed by atoms with E-state index in [0.717, 1.165) is 6.42 Å². The van der Waals surface area contributed by atoms with Crippen LogP contribution < -0.4 is 5.32 Å². The predicted molar refractivity (Wildman–Crippen MR) is 67.8 cm³/mol. The third kappa shape index (κ3) is 5.39. The highest BCUT2D eigenvalue weighted by molar-refractivity contribution is 7.84. The molecule has 0 aliphatic carbocycles. The Morgan fingerprint density at radius 2 is 2.18 bits per heavy atom. The van der Waals surface area contributed by atoms with E-state index >= 15 is 0 Å². The Morgan fingerprint density at radius 1 is 1.47 bits per heavy atom. The van der Waals surface area contributed by atoms with E-state index in [1.165, 1.54) is 6.07 Å². The van der Waals surface area contributed by atoms with Crippen LogP contribution in [0.15, 0.2) is 24.3 Å². The van der Waals surface area contributed by atoms with Gasteiger partial charge in [0.2, 0.25) is 0 Å². The summed E-state index contributed by atoms with van der Waals surface area (Å²) in [7, 11) is -0.782. The first-order chi connectivity index (χ1) is 8.11. The van der Waals surface area contributed by atoms with Crippen LogP contribution in [0.1, 0.15) is 18.1 Å². The van der Waals surface area contributed by atoms with Gasteiger partial charge in [-0.1, -0.05) is 18.2 Å². The van der Waals surface area contributed by atoms with Crippen molar-refractivity contribution >= 4 is 10.8 Å². The number of aliphatic hydroxyl groups excluding tert-OH is 1. The molecule has 96 valence electrons. The first-order valence-corrected chi connectivity index (χ1v) is 7.27. The van der Waals surface area contributed by atoms with Gasteiger partial charge in [-0.2, -0.15) is 0 Å². The summed E-state index contributed by atoms with van der Waals surface area (Å²) in [4.78, 5) is 0. The quantitative estimate of drug-likeness (QED) is 0.724. The highest BCUT2D eigenvalue weighted by Crippen LogP contribution is 2.15. The molecule has 1 aromatic carbocycles. The second-order valence-corrected chi connectivity index (χ2v) is 5.43. The van der Waals surface area contributed by atoms with E-state index in [0.29, 0.717) is 24.4 Å². The van der Waals surface area contributed by atoms with Crippen molar-refractivity contribution in [3.63, 3.8) is 0 Å². The standard InChI is InChI=1S/C12H18FNO2S/c1-17(16)8-4-7-14-9-12(15)10-5-2-3-6-11(10)13/h2-3,5-6,12,14-15H,4,7-9H2,1H3. The molecule has 1 rings (SSSR count). The molecular weight excluding hydrogens is 241 g/mol. The molecule has 2 unspecified atom stereocenters. The molecule has 5 heteroatoms. The van der Waals surface area contributed by atoms with Crippen LogP contribution in [0.25, 0.3) is 0 Å². The Hall–Kier alpha value is -0.780. The normalized spacial score (nSPS) is 14.5. The topological polar surface area (TPSA) is 49.3 Å². The summed E-state index contributed by atoms with van der Waals surface area (Å²) in [5.74, 6) is 0.249. The third-order valence-corrected chi connectivity index (χ3v) is 3.25. The molecule has 3 nitrogen and oxygen atoms in total. The zero-order chi connectivity index (χ0) is 12.7. The lowest BCUT2D eigenvalue weighted by atomic mass is 10.1. The number of halogens is 1. The van der Waals surface area contributed by atoms with Crippen molar-refractivity contribution in [2.24, 2.45) is 0 Å². The van der Waals surface area contributed by atoms with Crippen molar-refractivity contribution in [2.75, 3.05) is 25.1 Å². The number of rotatable bonds is 7. The minimum Gasteiger partial charge on any atom is -0.387 e. The molecule has 1 aromatic rings. The second-order valence-electron chi connectivity index (χ2n) is 3.87. The fourth-order valence-electron chi connectivity index (χ4n) is 1.49. The van der Waals surface area contributed by atoms with E-state index in [1.54, 1.807) is 24.5 Å². The molecule has 0 radical (unpaired) electrons. The van der Waals surface area contributed by atoms with Gasteiger partial charge in [-0.15, -0.1) is 0 Å². The van der Waals surface area contributed by atoms with Crippen molar-refractivity contribution in [2.45, 2.75) is 12.5 Å². The van der Waals surface area contributed by atoms with Gasteiger partial charge in [0.25, 0.3) is 0 Å². The van der Waals surface area contributed by atoms with Crippen LogP contribution in [0.2, 0.25) is 0 Å². The van der Waals surface area contributed by atoms with Gasteiger partial charge >= 0.3 is 0 Å². The monoisotopic (exact) mass is 259 g/mol. The van der Waals surface area contributed by atoms with Gasteiger partial charge in [-0.25, -0.2) is 4.39 Å². The zero-order valence-corrected chi connectivity index (χ0v) is 10.7. The smallest absolute Gasteiger partial charge is 0.129 e. The number of hydrogen-bond donors (Lipinski definition) is 2. The van der Waals surface area contributed by atoms with Gasteiger partial charge in [-0.3, -0.25) is 4.21 Å². The first-order valence-electron chi connectivity index (χ1n) is 5.54. The Labute approximate surface area is 104 Å². The molecule has 0 spiro atoms. The summed E-state index contributed by atoms with van der Waals surface area (Å²) in [5.41, 5.74) is 0.305. The average Bonchev–Trinajstić information content (AvgIpc) is 2.28. The van der Waals surface area contributed by atoms with Crippen molar-refractivity contribution in [3.8, 4) is 0 Å². The van der Waals surface area contributed by atoms with E-state index in [9.17, 15) is 13.7 Å². The summed E-state index contributed by atoms with van der Waals surface area (Å²) in [6.07, 6.45) is 1.60. The van der Waals surface area contributed by atoms with Gasteiger partial charge in [0.15, 0.2) is 0 Å². The summed E-state index contributed by atoms with van der Waals surface area (Å²) in [6, 6.07) is 6.19. The molecule has 0 saturated carbocycles. The van der Waals surface area contributed by atoms with E-state index < -0.39 is 22.7 Å². The summed E-state index contributed by atoms with van der Waals surface area (Å²) < 4.78 is 24.1. The molecule has 0 amide bonds. The number of nitrogens with one attached hydrogen (secondary N) is 1. The van der Waals surface area contributed by atoms with Crippen LogP contribution in [0.5, 0.6) is 0 Å². The minimum absolute atomic E-state index is 0.303. The zero-order valence-electron chi connectivity index (χ0n) is 9.86. The van der Waals surface area contributed by atoms with Gasteiger partial charge in [0, 0.05) is 34.9 Å². The van der Waals surface area contributed by atoms with Crippen LogP contribution in [0, 0.1) is 5.82 Å². The number of benzene rings is 1. The number of aliphatic hydroxyl groups is 1. The van der Waals surface area contributed by atoms with Crippen LogP contribution in [0.4, 0.5) is 4.39 Å². The fourth-order valence-corrected chi connectivity index (χ4v) is 2.05. The molecule has 2 N–H and O–H groups in total. The lowest BCUT2D eigenvalue weighted by Gasteiger charge is -2.12. The lowest BCUT2D eigenvalue weighted by Crippen LogP contribution is -2.24. The van der Waals surface area contributed by atoms with Gasteiger partial charge in [-0.05, 0) is 19.0 Å². The number of hydrogen-bond acceptors (Lipinski definition) is 3. The Bertz CT molecular complexity index is 373. The maximum atomic E-state index is 13.3. The highest BCUT2D eigenvalue weighted by atomic mass is 32.2. The lowest BCUT2D eigenvalue weighted by molar-refractivity contribution is 0.170. The van der Waals surface area contributed by atoms with Crippen molar-refractivity contribution in [1.82, 2.24) is 5.32 Å². The molecule has 2 atom stereocenters. The van der Waals surface area contributed by atoms with Crippen LogP contribution >= 0.6 is 0 Å². The molecule has 0 aliphatic rings. The predicted octanol–water partition coefficient (Wildman–Crippen LogP) is 1.22. The van der Waals surface area contributed by atoms with E-state index in [2.05, 4.69) is 5.32 Å². The van der Waals surface area contributed by atoms with Crippen LogP contribution in [-0.2, 0) is 10.8 Å². The summed E-state index contributed by atoms with van der Waals surface area (Å²) in [6.45, 7) is 0.975. The molecule has 0 fully saturated rings. The molecule has 0 aliphatic heterocycles. The third-order valence-electron chi connectivity index (χ3n) is 2.39. The molecule has 0 bridgehead atoms. The Morgan fingerprint density at radius 3 is 2.82 bits per heavy atom. The Kier molecular flexibility index (Phi) is 6.32. The van der Waals surface area contributed by atoms with Crippen molar-refractivity contribution < 1.29 is 13.7 Å². The fraction of sp³-hybridized carbons (Fsp3) is 0.500. The van der Waals surface area contributed by atoms with Crippen molar-refractivity contribution in [1.29, 1.82) is 0 Å². The summed E-state index contributed by atoms with van der Waals surface area (Å²) >= 11 is 0. The SMILES string of the molecule is CS(=O)CCCNCC(O)c1ccccc1F. The molecule has 0 aromatic heterocycles. The highest BCUT2D eigenvalue weighted by Gasteiger charge is 2.10.